The van der Waals surface area contributed by atoms with Crippen LogP contribution in [0.3, 0.4) is 0 Å². The Hall–Kier alpha value is -3.57. The van der Waals surface area contributed by atoms with Crippen LogP contribution in [-0.4, -0.2) is 33.3 Å². The molecule has 6 heteroatoms. The number of aryl methyl sites for hydroxylation is 1. The highest BCUT2D eigenvalue weighted by Crippen LogP contribution is 2.39. The number of carbonyl (C=O) groups is 2. The maximum atomic E-state index is 13.1. The van der Waals surface area contributed by atoms with Crippen molar-refractivity contribution in [3.8, 4) is 5.75 Å². The molecule has 0 aromatic heterocycles. The summed E-state index contributed by atoms with van der Waals surface area (Å²) in [5.41, 5.74) is 3.23. The summed E-state index contributed by atoms with van der Waals surface area (Å²) < 4.78 is 0. The maximum Gasteiger partial charge on any atom is 0.295 e. The van der Waals surface area contributed by atoms with Gasteiger partial charge in [-0.05, 0) is 53.8 Å². The Morgan fingerprint density at radius 1 is 0.909 bits per heavy atom. The first-order valence-electron chi connectivity index (χ1n) is 10.8. The van der Waals surface area contributed by atoms with E-state index in [-0.39, 0.29) is 23.6 Å². The predicted molar refractivity (Wildman–Crippen MR) is 128 cm³/mol. The molecule has 3 aromatic carbocycles. The highest BCUT2D eigenvalue weighted by atomic mass is 35.5. The summed E-state index contributed by atoms with van der Waals surface area (Å²) in [6.07, 6.45) is 1.37. The Bertz CT molecular complexity index is 1200. The number of aliphatic hydroxyl groups is 1. The molecule has 0 radical (unpaired) electrons. The van der Waals surface area contributed by atoms with Crippen LogP contribution in [0.25, 0.3) is 5.76 Å². The van der Waals surface area contributed by atoms with Gasteiger partial charge in [-0.3, -0.25) is 9.59 Å². The second-order valence-corrected chi connectivity index (χ2v) is 8.45. The number of likely N-dealkylation sites (tertiary alicyclic amines) is 1. The number of nitrogens with zero attached hydrogens (tertiary/aromatic N) is 1. The fraction of sp³-hybridized carbons (Fsp3) is 0.185. The fourth-order valence-electron chi connectivity index (χ4n) is 4.07. The fourth-order valence-corrected chi connectivity index (χ4v) is 4.19. The van der Waals surface area contributed by atoms with Crippen LogP contribution in [-0.2, 0) is 22.4 Å². The molecular formula is C27H24ClNO4. The number of ketones is 1. The third-order valence-electron chi connectivity index (χ3n) is 5.94. The van der Waals surface area contributed by atoms with E-state index in [2.05, 4.69) is 0 Å². The molecule has 3 aromatic rings. The number of Topliss-reactive ketones (excluding diaryl/α,β-unsaturated/α-hetero) is 1. The SMILES string of the molecule is CCc1ccc(/C(O)=C2/C(=O)C(=O)N(CCc3ccc(Cl)cc3)C2c2ccc(O)cc2)cc1. The molecule has 1 aliphatic heterocycles. The van der Waals surface area contributed by atoms with E-state index in [4.69, 9.17) is 11.6 Å². The van der Waals surface area contributed by atoms with Gasteiger partial charge in [0, 0.05) is 17.1 Å². The quantitative estimate of drug-likeness (QED) is 0.297. The summed E-state index contributed by atoms with van der Waals surface area (Å²) in [6.45, 7) is 2.31. The van der Waals surface area contributed by atoms with Crippen molar-refractivity contribution in [1.82, 2.24) is 4.90 Å². The lowest BCUT2D eigenvalue weighted by Gasteiger charge is -2.25. The standard InChI is InChI=1S/C27H24ClNO4/c1-2-17-3-7-20(8-4-17)25(31)23-24(19-9-13-22(30)14-10-19)29(27(33)26(23)32)16-15-18-5-11-21(28)12-6-18/h3-14,24,30-31H,2,15-16H2,1H3/b25-23-. The third-order valence-corrected chi connectivity index (χ3v) is 6.19. The minimum atomic E-state index is -0.760. The van der Waals surface area contributed by atoms with E-state index in [0.29, 0.717) is 22.6 Å². The summed E-state index contributed by atoms with van der Waals surface area (Å²) >= 11 is 5.96. The highest BCUT2D eigenvalue weighted by Gasteiger charge is 2.45. The molecule has 1 saturated heterocycles. The summed E-state index contributed by atoms with van der Waals surface area (Å²) in [7, 11) is 0. The zero-order chi connectivity index (χ0) is 23.5. The van der Waals surface area contributed by atoms with Crippen LogP contribution in [0, 0.1) is 0 Å². The number of benzene rings is 3. The van der Waals surface area contributed by atoms with Crippen molar-refractivity contribution in [1.29, 1.82) is 0 Å². The van der Waals surface area contributed by atoms with Gasteiger partial charge >= 0.3 is 0 Å². The van der Waals surface area contributed by atoms with Crippen molar-refractivity contribution in [3.05, 3.63) is 106 Å². The second-order valence-electron chi connectivity index (χ2n) is 8.01. The van der Waals surface area contributed by atoms with Gasteiger partial charge in [-0.1, -0.05) is 67.1 Å². The monoisotopic (exact) mass is 461 g/mol. The smallest absolute Gasteiger partial charge is 0.295 e. The molecule has 1 heterocycles. The molecule has 33 heavy (non-hydrogen) atoms. The summed E-state index contributed by atoms with van der Waals surface area (Å²) in [4.78, 5) is 27.6. The molecule has 168 valence electrons. The van der Waals surface area contributed by atoms with Crippen LogP contribution in [0.15, 0.2) is 78.4 Å². The van der Waals surface area contributed by atoms with Gasteiger partial charge in [-0.25, -0.2) is 0 Å². The lowest BCUT2D eigenvalue weighted by molar-refractivity contribution is -0.139. The zero-order valence-electron chi connectivity index (χ0n) is 18.2. The van der Waals surface area contributed by atoms with Gasteiger partial charge in [0.2, 0.25) is 0 Å². The Morgan fingerprint density at radius 2 is 1.52 bits per heavy atom. The normalized spacial score (nSPS) is 17.5. The predicted octanol–water partition coefficient (Wildman–Crippen LogP) is 5.27. The Morgan fingerprint density at radius 3 is 2.12 bits per heavy atom. The molecule has 1 atom stereocenters. The number of hydrogen-bond acceptors (Lipinski definition) is 4. The van der Waals surface area contributed by atoms with E-state index < -0.39 is 17.7 Å². The molecule has 2 N–H and O–H groups in total. The highest BCUT2D eigenvalue weighted by molar-refractivity contribution is 6.46. The number of aliphatic hydroxyl groups excluding tert-OH is 1. The summed E-state index contributed by atoms with van der Waals surface area (Å²) in [5.74, 6) is -1.51. The van der Waals surface area contributed by atoms with E-state index in [1.165, 1.54) is 17.0 Å². The van der Waals surface area contributed by atoms with Gasteiger partial charge in [0.1, 0.15) is 11.5 Å². The maximum absolute atomic E-state index is 13.1. The van der Waals surface area contributed by atoms with E-state index in [1.807, 2.05) is 31.2 Å². The lowest BCUT2D eigenvalue weighted by atomic mass is 9.94. The van der Waals surface area contributed by atoms with Gasteiger partial charge < -0.3 is 15.1 Å². The van der Waals surface area contributed by atoms with Crippen molar-refractivity contribution in [3.63, 3.8) is 0 Å². The van der Waals surface area contributed by atoms with Gasteiger partial charge in [0.15, 0.2) is 0 Å². The molecular weight excluding hydrogens is 438 g/mol. The summed E-state index contributed by atoms with van der Waals surface area (Å²) in [6, 6.07) is 20.2. The second kappa shape index (κ2) is 9.51. The topological polar surface area (TPSA) is 77.8 Å². The van der Waals surface area contributed by atoms with Gasteiger partial charge in [0.05, 0.1) is 11.6 Å². The van der Waals surface area contributed by atoms with E-state index >= 15 is 0 Å². The first kappa shape index (κ1) is 22.6. The van der Waals surface area contributed by atoms with Crippen LogP contribution in [0.2, 0.25) is 5.02 Å². The molecule has 0 bridgehead atoms. The lowest BCUT2D eigenvalue weighted by Crippen LogP contribution is -2.31. The number of carbonyl (C=O) groups excluding carboxylic acids is 2. The summed E-state index contributed by atoms with van der Waals surface area (Å²) in [5, 5.41) is 21.5. The average Bonchev–Trinajstić information content (AvgIpc) is 3.08. The van der Waals surface area contributed by atoms with E-state index in [9.17, 15) is 19.8 Å². The van der Waals surface area contributed by atoms with Crippen molar-refractivity contribution in [2.45, 2.75) is 25.8 Å². The van der Waals surface area contributed by atoms with E-state index in [0.717, 1.165) is 17.5 Å². The molecule has 1 fully saturated rings. The Labute approximate surface area is 197 Å². The van der Waals surface area contributed by atoms with Crippen LogP contribution in [0.5, 0.6) is 5.75 Å². The van der Waals surface area contributed by atoms with Crippen molar-refractivity contribution in [2.75, 3.05) is 6.54 Å². The van der Waals surface area contributed by atoms with Crippen molar-refractivity contribution < 1.29 is 19.8 Å². The first-order chi connectivity index (χ1) is 15.9. The largest absolute Gasteiger partial charge is 0.508 e. The third kappa shape index (κ3) is 4.64. The average molecular weight is 462 g/mol. The number of rotatable bonds is 6. The Kier molecular flexibility index (Phi) is 6.52. The molecule has 5 nitrogen and oxygen atoms in total. The van der Waals surface area contributed by atoms with Gasteiger partial charge in [0.25, 0.3) is 11.7 Å². The first-order valence-corrected chi connectivity index (χ1v) is 11.2. The molecule has 0 spiro atoms. The molecule has 0 saturated carbocycles. The molecule has 1 amide bonds. The number of phenols is 1. The van der Waals surface area contributed by atoms with Crippen LogP contribution in [0.1, 0.15) is 35.2 Å². The number of phenolic OH excluding ortho intramolecular Hbond substituents is 1. The zero-order valence-corrected chi connectivity index (χ0v) is 18.9. The number of halogens is 1. The molecule has 1 unspecified atom stereocenters. The van der Waals surface area contributed by atoms with Crippen LogP contribution in [0.4, 0.5) is 0 Å². The Balaban J connectivity index is 1.75. The number of aromatic hydroxyl groups is 1. The van der Waals surface area contributed by atoms with Gasteiger partial charge in [-0.15, -0.1) is 0 Å². The molecule has 0 aliphatic carbocycles. The van der Waals surface area contributed by atoms with Crippen LogP contribution >= 0.6 is 11.6 Å². The van der Waals surface area contributed by atoms with Crippen LogP contribution < -0.4 is 0 Å². The van der Waals surface area contributed by atoms with Crippen molar-refractivity contribution in [2.24, 2.45) is 0 Å². The minimum Gasteiger partial charge on any atom is -0.508 e. The molecule has 1 aliphatic rings. The molecule has 4 rings (SSSR count). The van der Waals surface area contributed by atoms with Gasteiger partial charge in [-0.2, -0.15) is 0 Å². The van der Waals surface area contributed by atoms with Crippen molar-refractivity contribution >= 4 is 29.1 Å². The number of hydrogen-bond donors (Lipinski definition) is 2. The van der Waals surface area contributed by atoms with E-state index in [1.54, 1.807) is 36.4 Å². The minimum absolute atomic E-state index is 0.0473. The number of amides is 1.